The first-order valence-electron chi connectivity index (χ1n) is 14.3. The van der Waals surface area contributed by atoms with Crippen LogP contribution in [0.4, 0.5) is 0 Å². The van der Waals surface area contributed by atoms with Crippen LogP contribution in [0.5, 0.6) is 0 Å². The minimum atomic E-state index is -0.141. The summed E-state index contributed by atoms with van der Waals surface area (Å²) in [6, 6.07) is 11.4. The molecule has 2 aromatic heterocycles. The number of furan rings is 1. The predicted molar refractivity (Wildman–Crippen MR) is 169 cm³/mol. The van der Waals surface area contributed by atoms with Gasteiger partial charge in [-0.25, -0.2) is 4.98 Å². The maximum Gasteiger partial charge on any atom is 0.200 e. The molecule has 0 N–H and O–H groups in total. The Morgan fingerprint density at radius 3 is 1.77 bits per heavy atom. The van der Waals surface area contributed by atoms with Crippen LogP contribution < -0.4 is 0 Å². The summed E-state index contributed by atoms with van der Waals surface area (Å²) in [5.74, 6) is 0.578. The summed E-state index contributed by atoms with van der Waals surface area (Å²) < 4.78 is 5.93. The average molecular weight is 558 g/mol. The molecule has 0 bridgehead atoms. The number of unbranched alkanes of at least 4 members (excludes halogenated alkanes) is 1. The van der Waals surface area contributed by atoms with E-state index < -0.39 is 0 Å². The second kappa shape index (κ2) is 16.6. The number of hydrogen-bond donors (Lipinski definition) is 0. The third-order valence-electron chi connectivity index (χ3n) is 5.85. The van der Waals surface area contributed by atoms with E-state index >= 15 is 0 Å². The molecule has 0 amide bonds. The maximum atomic E-state index is 12.3. The lowest BCUT2D eigenvalue weighted by Crippen LogP contribution is -2.18. The van der Waals surface area contributed by atoms with Gasteiger partial charge < -0.3 is 4.42 Å². The number of halogens is 1. The molecule has 218 valence electrons. The number of nitrogens with zero attached hydrogens (tertiary/aromatic N) is 1. The number of hydrogen-bond acceptors (Lipinski definition) is 4. The van der Waals surface area contributed by atoms with Gasteiger partial charge in [-0.05, 0) is 23.6 Å². The minimum absolute atomic E-state index is 0.00842. The third kappa shape index (κ3) is 11.7. The van der Waals surface area contributed by atoms with E-state index in [1.165, 1.54) is 12.8 Å². The van der Waals surface area contributed by atoms with Gasteiger partial charge in [0.2, 0.25) is 5.78 Å². The molecule has 0 aliphatic heterocycles. The van der Waals surface area contributed by atoms with Gasteiger partial charge in [-0.3, -0.25) is 9.59 Å². The lowest BCUT2D eigenvalue weighted by molar-refractivity contribution is -0.125. The van der Waals surface area contributed by atoms with Crippen LogP contribution in [0.15, 0.2) is 40.8 Å². The van der Waals surface area contributed by atoms with Crippen LogP contribution in [0, 0.1) is 11.3 Å². The highest BCUT2D eigenvalue weighted by Gasteiger charge is 2.24. The number of ketones is 2. The van der Waals surface area contributed by atoms with Crippen molar-refractivity contribution in [2.75, 3.05) is 0 Å². The molecular formula is C34H52ClNO3. The average Bonchev–Trinajstić information content (AvgIpc) is 3.32. The maximum absolute atomic E-state index is 12.3. The lowest BCUT2D eigenvalue weighted by Gasteiger charge is -2.20. The van der Waals surface area contributed by atoms with Crippen molar-refractivity contribution in [2.24, 2.45) is 11.3 Å². The highest BCUT2D eigenvalue weighted by Crippen LogP contribution is 2.35. The van der Waals surface area contributed by atoms with Crippen LogP contribution in [0.1, 0.15) is 125 Å². The molecule has 0 unspecified atom stereocenters. The Bertz CT molecular complexity index is 1160. The zero-order valence-electron chi connectivity index (χ0n) is 26.7. The number of carbonyl (C=O) groups excluding carboxylic acids is 2. The van der Waals surface area contributed by atoms with Crippen molar-refractivity contribution in [1.82, 2.24) is 4.98 Å². The van der Waals surface area contributed by atoms with Crippen molar-refractivity contribution in [3.63, 3.8) is 0 Å². The smallest absolute Gasteiger partial charge is 0.200 e. The van der Waals surface area contributed by atoms with E-state index in [-0.39, 0.29) is 22.5 Å². The Balaban J connectivity index is 0.000000862. The highest BCUT2D eigenvalue weighted by molar-refractivity contribution is 6.30. The van der Waals surface area contributed by atoms with Gasteiger partial charge >= 0.3 is 0 Å². The van der Waals surface area contributed by atoms with Gasteiger partial charge in [-0.1, -0.05) is 127 Å². The fourth-order valence-corrected chi connectivity index (χ4v) is 3.41. The van der Waals surface area contributed by atoms with Crippen molar-refractivity contribution in [2.45, 2.75) is 115 Å². The van der Waals surface area contributed by atoms with Crippen molar-refractivity contribution >= 4 is 34.3 Å². The van der Waals surface area contributed by atoms with Crippen LogP contribution in [0.3, 0.4) is 0 Å². The van der Waals surface area contributed by atoms with Gasteiger partial charge in [0.1, 0.15) is 11.3 Å². The molecule has 3 rings (SSSR count). The number of rotatable bonds is 5. The van der Waals surface area contributed by atoms with E-state index in [9.17, 15) is 9.59 Å². The third-order valence-corrected chi connectivity index (χ3v) is 6.10. The van der Waals surface area contributed by atoms with Gasteiger partial charge in [0.15, 0.2) is 11.3 Å². The molecule has 4 nitrogen and oxygen atoms in total. The largest absolute Gasteiger partial charge is 0.451 e. The quantitative estimate of drug-likeness (QED) is 0.292. The molecule has 2 heterocycles. The molecule has 5 heteroatoms. The zero-order chi connectivity index (χ0) is 30.6. The monoisotopic (exact) mass is 557 g/mol. The summed E-state index contributed by atoms with van der Waals surface area (Å²) in [5.41, 5.74) is 3.99. The number of aromatic nitrogens is 1. The standard InChI is InChI=1S/C21H22ClNO2.C7H14O.C4H10.C2H6/c1-12(2)19(24)18-11-17-20(25-18)15(21(3,4)5)10-16(23-17)13-6-8-14(22)9-7-13;1-5-6(8)7(2,3)4;1-3-4-2;1-2/h6-12H,1-5H3;5H2,1-4H3;3-4H2,1-2H3;1-2H3. The molecule has 0 atom stereocenters. The molecule has 0 spiro atoms. The first kappa shape index (κ1) is 36.5. The first-order valence-corrected chi connectivity index (χ1v) is 14.7. The number of carbonyl (C=O) groups is 2. The Kier molecular flexibility index (Phi) is 15.6. The predicted octanol–water partition coefficient (Wildman–Crippen LogP) is 11.1. The molecule has 1 aromatic carbocycles. The molecule has 39 heavy (non-hydrogen) atoms. The van der Waals surface area contributed by atoms with Crippen molar-refractivity contribution in [1.29, 1.82) is 0 Å². The SMILES string of the molecule is CC.CC(C)C(=O)c1cc2nc(-c3ccc(Cl)cc3)cc(C(C)(C)C)c2o1.CCC(=O)C(C)(C)C.CCCC. The highest BCUT2D eigenvalue weighted by atomic mass is 35.5. The first-order chi connectivity index (χ1) is 18.1. The molecule has 3 aromatic rings. The summed E-state index contributed by atoms with van der Waals surface area (Å²) in [4.78, 5) is 27.9. The van der Waals surface area contributed by atoms with E-state index in [0.29, 0.717) is 34.1 Å². The summed E-state index contributed by atoms with van der Waals surface area (Å²) in [7, 11) is 0. The Morgan fingerprint density at radius 2 is 1.41 bits per heavy atom. The van der Waals surface area contributed by atoms with E-state index in [1.807, 2.05) is 85.7 Å². The molecule has 0 saturated heterocycles. The Morgan fingerprint density at radius 1 is 0.897 bits per heavy atom. The zero-order valence-corrected chi connectivity index (χ0v) is 27.5. The van der Waals surface area contributed by atoms with E-state index in [2.05, 4.69) is 34.6 Å². The van der Waals surface area contributed by atoms with Crippen LogP contribution in [-0.2, 0) is 10.2 Å². The van der Waals surface area contributed by atoms with Gasteiger partial charge in [0, 0.05) is 40.0 Å². The number of pyridine rings is 1. The van der Waals surface area contributed by atoms with Gasteiger partial charge in [-0.15, -0.1) is 0 Å². The summed E-state index contributed by atoms with van der Waals surface area (Å²) in [5, 5.41) is 0.689. The fraction of sp³-hybridized carbons (Fsp3) is 0.559. The summed E-state index contributed by atoms with van der Waals surface area (Å²) in [6.07, 6.45) is 3.30. The van der Waals surface area contributed by atoms with Crippen LogP contribution in [-0.4, -0.2) is 16.6 Å². The van der Waals surface area contributed by atoms with Crippen LogP contribution >= 0.6 is 11.6 Å². The van der Waals surface area contributed by atoms with Crippen molar-refractivity contribution < 1.29 is 14.0 Å². The van der Waals surface area contributed by atoms with E-state index in [1.54, 1.807) is 6.07 Å². The molecular weight excluding hydrogens is 506 g/mol. The van der Waals surface area contributed by atoms with Gasteiger partial charge in [0.05, 0.1) is 5.69 Å². The topological polar surface area (TPSA) is 60.2 Å². The fourth-order valence-electron chi connectivity index (χ4n) is 3.28. The number of benzene rings is 1. The summed E-state index contributed by atoms with van der Waals surface area (Å²) >= 11 is 5.99. The van der Waals surface area contributed by atoms with Crippen LogP contribution in [0.25, 0.3) is 22.4 Å². The molecule has 0 fully saturated rings. The number of fused-ring (bicyclic) bond motifs is 1. The van der Waals surface area contributed by atoms with E-state index in [0.717, 1.165) is 16.8 Å². The molecule has 0 aliphatic rings. The second-order valence-electron chi connectivity index (χ2n) is 11.7. The van der Waals surface area contributed by atoms with Gasteiger partial charge in [0.25, 0.3) is 0 Å². The van der Waals surface area contributed by atoms with Crippen molar-refractivity contribution in [3.8, 4) is 11.3 Å². The van der Waals surface area contributed by atoms with E-state index in [4.69, 9.17) is 21.0 Å². The second-order valence-corrected chi connectivity index (χ2v) is 12.1. The normalized spacial score (nSPS) is 11.1. The molecule has 0 saturated carbocycles. The Labute approximate surface area is 242 Å². The summed E-state index contributed by atoms with van der Waals surface area (Å²) in [6.45, 7) is 26.2. The minimum Gasteiger partial charge on any atom is -0.451 e. The molecule has 0 aliphatic carbocycles. The van der Waals surface area contributed by atoms with Crippen LogP contribution in [0.2, 0.25) is 5.02 Å². The Hall–Kier alpha value is -2.46. The number of Topliss-reactive ketones (excluding diaryl/α,β-unsaturated/α-hetero) is 2. The lowest BCUT2D eigenvalue weighted by atomic mass is 9.86. The van der Waals surface area contributed by atoms with Gasteiger partial charge in [-0.2, -0.15) is 0 Å². The van der Waals surface area contributed by atoms with Crippen molar-refractivity contribution in [3.05, 3.63) is 52.7 Å². The molecule has 0 radical (unpaired) electrons.